The van der Waals surface area contributed by atoms with Gasteiger partial charge in [-0.2, -0.15) is 0 Å². The predicted octanol–water partition coefficient (Wildman–Crippen LogP) is 7.74. The summed E-state index contributed by atoms with van der Waals surface area (Å²) < 4.78 is 25.4. The molecule has 0 aromatic heterocycles. The number of benzene rings is 4. The van der Waals surface area contributed by atoms with E-state index in [1.54, 1.807) is 37.3 Å². The molecule has 1 aliphatic heterocycles. The van der Waals surface area contributed by atoms with Gasteiger partial charge in [0.05, 0.1) is 18.1 Å². The van der Waals surface area contributed by atoms with Crippen LogP contribution in [0.1, 0.15) is 18.1 Å². The Morgan fingerprint density at radius 1 is 0.957 bits per heavy atom. The molecule has 0 unspecified atom stereocenters. The lowest BCUT2D eigenvalue weighted by Gasteiger charge is -2.38. The zero-order chi connectivity index (χ0) is 32.5. The van der Waals surface area contributed by atoms with Crippen molar-refractivity contribution in [2.75, 3.05) is 44.2 Å². The third-order valence-electron chi connectivity index (χ3n) is 7.47. The molecule has 0 atom stereocenters. The summed E-state index contributed by atoms with van der Waals surface area (Å²) in [7, 11) is 0. The number of hydrogen-bond acceptors (Lipinski definition) is 6. The van der Waals surface area contributed by atoms with Gasteiger partial charge in [0.15, 0.2) is 11.7 Å². The molecule has 1 saturated heterocycles. The maximum absolute atomic E-state index is 13.8. The zero-order valence-corrected chi connectivity index (χ0v) is 26.8. The van der Waals surface area contributed by atoms with Crippen LogP contribution in [0.5, 0.6) is 17.2 Å². The molecule has 240 valence electrons. The first kappa shape index (κ1) is 32.8. The standard InChI is InChI=1S/C34H34Cl2FN5O4/c1-2-45-33-22-28(12-13-31(33)42(43)44)40-16-18-41(19-17-40)34(38-15-14-24-10-11-26(35)20-30(24)36)39-23-25-6-3-4-9-32(25)46-29-8-5-7-27(37)21-29/h3-13,20-22H,2,14-19,23H2,1H3,(H,38,39). The Labute approximate surface area is 277 Å². The average molecular weight is 667 g/mol. The lowest BCUT2D eigenvalue weighted by atomic mass is 10.1. The third kappa shape index (κ3) is 8.58. The number of nitrogens with one attached hydrogen (secondary N) is 1. The highest BCUT2D eigenvalue weighted by Gasteiger charge is 2.23. The van der Waals surface area contributed by atoms with Crippen LogP contribution in [0.4, 0.5) is 15.8 Å². The molecule has 4 aromatic rings. The summed E-state index contributed by atoms with van der Waals surface area (Å²) in [6, 6.07) is 24.0. The number of para-hydroxylation sites is 1. The van der Waals surface area contributed by atoms with Crippen LogP contribution in [0.25, 0.3) is 0 Å². The molecular weight excluding hydrogens is 632 g/mol. The van der Waals surface area contributed by atoms with Crippen molar-refractivity contribution in [1.82, 2.24) is 10.2 Å². The number of nitro groups is 1. The molecule has 0 radical (unpaired) electrons. The maximum atomic E-state index is 13.8. The minimum Gasteiger partial charge on any atom is -0.487 e. The van der Waals surface area contributed by atoms with Crippen LogP contribution in [0.2, 0.25) is 10.0 Å². The van der Waals surface area contributed by atoms with Crippen LogP contribution in [-0.4, -0.2) is 55.1 Å². The molecule has 46 heavy (non-hydrogen) atoms. The van der Waals surface area contributed by atoms with Crippen molar-refractivity contribution >= 4 is 40.5 Å². The van der Waals surface area contributed by atoms with Crippen molar-refractivity contribution in [1.29, 1.82) is 0 Å². The lowest BCUT2D eigenvalue weighted by molar-refractivity contribution is -0.385. The molecule has 1 fully saturated rings. The summed E-state index contributed by atoms with van der Waals surface area (Å²) in [6.07, 6.45) is 0.664. The van der Waals surface area contributed by atoms with E-state index < -0.39 is 4.92 Å². The van der Waals surface area contributed by atoms with E-state index in [2.05, 4.69) is 15.1 Å². The monoisotopic (exact) mass is 665 g/mol. The summed E-state index contributed by atoms with van der Waals surface area (Å²) in [5, 5.41) is 16.2. The first-order valence-corrected chi connectivity index (χ1v) is 15.7. The van der Waals surface area contributed by atoms with Gasteiger partial charge in [-0.3, -0.25) is 10.1 Å². The van der Waals surface area contributed by atoms with Crippen LogP contribution in [0, 0.1) is 15.9 Å². The fraction of sp³-hybridized carbons (Fsp3) is 0.265. The number of nitrogens with zero attached hydrogens (tertiary/aromatic N) is 4. The van der Waals surface area contributed by atoms with Gasteiger partial charge in [-0.05, 0) is 55.3 Å². The molecule has 12 heteroatoms. The molecule has 4 aromatic carbocycles. The van der Waals surface area contributed by atoms with Crippen molar-refractivity contribution in [3.8, 4) is 17.2 Å². The minimum absolute atomic E-state index is 0.0506. The Hall–Kier alpha value is -4.54. The number of piperazine rings is 1. The molecule has 9 nitrogen and oxygen atoms in total. The molecule has 5 rings (SSSR count). The van der Waals surface area contributed by atoms with Crippen LogP contribution in [-0.2, 0) is 13.0 Å². The van der Waals surface area contributed by atoms with E-state index in [0.29, 0.717) is 73.8 Å². The highest BCUT2D eigenvalue weighted by Crippen LogP contribution is 2.32. The summed E-state index contributed by atoms with van der Waals surface area (Å²) >= 11 is 12.5. The summed E-state index contributed by atoms with van der Waals surface area (Å²) in [5.41, 5.74) is 2.63. The zero-order valence-electron chi connectivity index (χ0n) is 25.3. The molecule has 1 aliphatic rings. The molecular formula is C34H34Cl2FN5O4. The van der Waals surface area contributed by atoms with E-state index >= 15 is 0 Å². The fourth-order valence-corrected chi connectivity index (χ4v) is 5.65. The summed E-state index contributed by atoms with van der Waals surface area (Å²) in [5.74, 6) is 1.62. The lowest BCUT2D eigenvalue weighted by Crippen LogP contribution is -2.52. The number of aliphatic imine (C=N–C) groups is 1. The van der Waals surface area contributed by atoms with Crippen molar-refractivity contribution < 1.29 is 18.8 Å². The normalized spacial score (nSPS) is 13.4. The fourth-order valence-electron chi connectivity index (χ4n) is 5.15. The smallest absolute Gasteiger partial charge is 0.311 e. The van der Waals surface area contributed by atoms with E-state index in [0.717, 1.165) is 22.8 Å². The Balaban J connectivity index is 1.32. The molecule has 1 N–H and O–H groups in total. The van der Waals surface area contributed by atoms with Crippen LogP contribution in [0.15, 0.2) is 89.9 Å². The van der Waals surface area contributed by atoms with Gasteiger partial charge < -0.3 is 24.6 Å². The molecule has 0 amide bonds. The highest BCUT2D eigenvalue weighted by molar-refractivity contribution is 6.35. The second kappa shape index (κ2) is 15.6. The molecule has 0 spiro atoms. The summed E-state index contributed by atoms with van der Waals surface area (Å²) in [4.78, 5) is 20.4. The van der Waals surface area contributed by atoms with Gasteiger partial charge in [-0.15, -0.1) is 0 Å². The average Bonchev–Trinajstić information content (AvgIpc) is 3.04. The molecule has 0 saturated carbocycles. The van der Waals surface area contributed by atoms with Crippen molar-refractivity contribution in [2.24, 2.45) is 4.99 Å². The summed E-state index contributed by atoms with van der Waals surface area (Å²) in [6.45, 7) is 5.72. The van der Waals surface area contributed by atoms with Gasteiger partial charge in [0.2, 0.25) is 0 Å². The van der Waals surface area contributed by atoms with Crippen LogP contribution in [0.3, 0.4) is 0 Å². The van der Waals surface area contributed by atoms with Gasteiger partial charge in [0.25, 0.3) is 0 Å². The predicted molar refractivity (Wildman–Crippen MR) is 180 cm³/mol. The third-order valence-corrected chi connectivity index (χ3v) is 8.06. The number of halogens is 3. The topological polar surface area (TPSA) is 92.5 Å². The van der Waals surface area contributed by atoms with Crippen LogP contribution >= 0.6 is 23.2 Å². The van der Waals surface area contributed by atoms with E-state index in [1.807, 2.05) is 36.4 Å². The molecule has 0 bridgehead atoms. The van der Waals surface area contributed by atoms with E-state index in [4.69, 9.17) is 37.7 Å². The Bertz CT molecular complexity index is 1700. The molecule has 0 aliphatic carbocycles. The number of anilines is 1. The Morgan fingerprint density at radius 3 is 2.50 bits per heavy atom. The highest BCUT2D eigenvalue weighted by atomic mass is 35.5. The number of nitro benzene ring substituents is 1. The quantitative estimate of drug-likeness (QED) is 0.0758. The second-order valence-corrected chi connectivity index (χ2v) is 11.4. The van der Waals surface area contributed by atoms with Gasteiger partial charge in [0, 0.05) is 72.2 Å². The van der Waals surface area contributed by atoms with Gasteiger partial charge in [-0.1, -0.05) is 53.5 Å². The van der Waals surface area contributed by atoms with Crippen molar-refractivity contribution in [2.45, 2.75) is 19.9 Å². The second-order valence-electron chi connectivity index (χ2n) is 10.5. The number of hydrogen-bond donors (Lipinski definition) is 1. The number of rotatable bonds is 11. The van der Waals surface area contributed by atoms with Gasteiger partial charge >= 0.3 is 5.69 Å². The Morgan fingerprint density at radius 2 is 1.76 bits per heavy atom. The maximum Gasteiger partial charge on any atom is 0.311 e. The van der Waals surface area contributed by atoms with Gasteiger partial charge in [0.1, 0.15) is 17.3 Å². The van der Waals surface area contributed by atoms with E-state index in [1.165, 1.54) is 18.2 Å². The number of ether oxygens (including phenoxy) is 2. The first-order chi connectivity index (χ1) is 22.3. The Kier molecular flexibility index (Phi) is 11.2. The largest absolute Gasteiger partial charge is 0.487 e. The van der Waals surface area contributed by atoms with E-state index in [-0.39, 0.29) is 17.3 Å². The number of guanidine groups is 1. The van der Waals surface area contributed by atoms with E-state index in [9.17, 15) is 14.5 Å². The van der Waals surface area contributed by atoms with Crippen molar-refractivity contribution in [3.05, 3.63) is 122 Å². The van der Waals surface area contributed by atoms with Crippen molar-refractivity contribution in [3.63, 3.8) is 0 Å². The SMILES string of the molecule is CCOc1cc(N2CCN(C(=NCc3ccccc3Oc3cccc(F)c3)NCCc3ccc(Cl)cc3Cl)CC2)ccc1[N+](=O)[O-]. The van der Waals surface area contributed by atoms with Crippen LogP contribution < -0.4 is 19.7 Å². The minimum atomic E-state index is -0.431. The molecule has 1 heterocycles. The van der Waals surface area contributed by atoms with Gasteiger partial charge in [-0.25, -0.2) is 9.38 Å². The first-order valence-electron chi connectivity index (χ1n) is 15.0.